The van der Waals surface area contributed by atoms with Crippen LogP contribution in [0.4, 0.5) is 30.2 Å². The molecule has 1 aliphatic heterocycles. The van der Waals surface area contributed by atoms with Crippen molar-refractivity contribution in [1.29, 1.82) is 0 Å². The van der Waals surface area contributed by atoms with Gasteiger partial charge in [0.2, 0.25) is 0 Å². The Morgan fingerprint density at radius 1 is 1.16 bits per heavy atom. The molecule has 0 unspecified atom stereocenters. The number of nitrogens with zero attached hydrogens (tertiary/aromatic N) is 4. The first kappa shape index (κ1) is 25.9. The Kier molecular flexibility index (Phi) is 7.60. The second kappa shape index (κ2) is 10.8. The number of rotatable bonds is 6. The number of alkyl halides is 3. The number of aryl methyl sites for hydroxylation is 1. The largest absolute Gasteiger partial charge is 0.416 e. The van der Waals surface area contributed by atoms with E-state index in [4.69, 9.17) is 16.3 Å². The number of nitrogens with one attached hydrogen (secondary N) is 1. The number of pyridine rings is 2. The quantitative estimate of drug-likeness (QED) is 0.338. The number of halogens is 3. The highest BCUT2D eigenvalue weighted by molar-refractivity contribution is 6.03. The number of hydrogen-bond acceptors (Lipinski definition) is 8. The molecule has 0 spiro atoms. The maximum atomic E-state index is 13.0. The molecule has 4 rings (SSSR count). The summed E-state index contributed by atoms with van der Waals surface area (Å²) < 4.78 is 44.3. The summed E-state index contributed by atoms with van der Waals surface area (Å²) in [5, 5.41) is 3.87. The molecule has 2 aromatic heterocycles. The van der Waals surface area contributed by atoms with Crippen LogP contribution >= 0.6 is 0 Å². The van der Waals surface area contributed by atoms with Gasteiger partial charge >= 0.3 is 6.18 Å². The van der Waals surface area contributed by atoms with E-state index >= 15 is 0 Å². The van der Waals surface area contributed by atoms with E-state index in [-0.39, 0.29) is 5.69 Å². The molecule has 1 saturated heterocycles. The van der Waals surface area contributed by atoms with Crippen molar-refractivity contribution in [3.05, 3.63) is 83.6 Å². The van der Waals surface area contributed by atoms with Gasteiger partial charge < -0.3 is 20.7 Å². The fourth-order valence-corrected chi connectivity index (χ4v) is 3.77. The first-order valence-corrected chi connectivity index (χ1v) is 11.4. The van der Waals surface area contributed by atoms with Gasteiger partial charge in [-0.25, -0.2) is 5.84 Å². The van der Waals surface area contributed by atoms with Crippen molar-refractivity contribution in [2.75, 3.05) is 41.5 Å². The van der Waals surface area contributed by atoms with Gasteiger partial charge in [0.1, 0.15) is 5.69 Å². The van der Waals surface area contributed by atoms with Crippen LogP contribution in [0.3, 0.4) is 0 Å². The molecule has 1 aromatic carbocycles. The van der Waals surface area contributed by atoms with Crippen LogP contribution in [0.5, 0.6) is 0 Å². The number of hydrazine groups is 1. The third kappa shape index (κ3) is 6.35. The van der Waals surface area contributed by atoms with Gasteiger partial charge in [-0.1, -0.05) is 6.07 Å². The van der Waals surface area contributed by atoms with Crippen LogP contribution in [-0.4, -0.2) is 42.2 Å². The lowest BCUT2D eigenvalue weighted by molar-refractivity contribution is -0.137. The predicted octanol–water partition coefficient (Wildman–Crippen LogP) is 3.53. The summed E-state index contributed by atoms with van der Waals surface area (Å²) in [4.78, 5) is 22.7. The number of aromatic nitrogens is 2. The van der Waals surface area contributed by atoms with Crippen molar-refractivity contribution >= 4 is 28.7 Å². The summed E-state index contributed by atoms with van der Waals surface area (Å²) in [5.41, 5.74) is 8.58. The minimum Gasteiger partial charge on any atom is -0.397 e. The third-order valence-corrected chi connectivity index (χ3v) is 5.78. The number of amides is 1. The average Bonchev–Trinajstić information content (AvgIpc) is 2.90. The van der Waals surface area contributed by atoms with Crippen molar-refractivity contribution in [3.8, 4) is 0 Å². The zero-order valence-electron chi connectivity index (χ0n) is 20.0. The lowest BCUT2D eigenvalue weighted by Gasteiger charge is -2.28. The van der Waals surface area contributed by atoms with E-state index < -0.39 is 17.6 Å². The van der Waals surface area contributed by atoms with Crippen LogP contribution in [0.25, 0.3) is 5.70 Å². The van der Waals surface area contributed by atoms with E-state index in [9.17, 15) is 18.0 Å². The third-order valence-electron chi connectivity index (χ3n) is 5.78. The molecule has 0 saturated carbocycles. The number of morpholine rings is 1. The summed E-state index contributed by atoms with van der Waals surface area (Å²) >= 11 is 0. The summed E-state index contributed by atoms with van der Waals surface area (Å²) in [5.74, 6) is 5.49. The summed E-state index contributed by atoms with van der Waals surface area (Å²) in [6.45, 7) is 4.61. The summed E-state index contributed by atoms with van der Waals surface area (Å²) in [6.07, 6.45) is 1.28. The highest BCUT2D eigenvalue weighted by atomic mass is 19.4. The zero-order chi connectivity index (χ0) is 26.6. The van der Waals surface area contributed by atoms with E-state index in [0.29, 0.717) is 41.9 Å². The Labute approximate surface area is 211 Å². The molecular weight excluding hydrogens is 487 g/mol. The molecule has 194 valence electrons. The van der Waals surface area contributed by atoms with Crippen LogP contribution in [0.2, 0.25) is 0 Å². The average molecular weight is 514 g/mol. The number of hydrogen-bond donors (Lipinski definition) is 3. The predicted molar refractivity (Wildman–Crippen MR) is 134 cm³/mol. The molecule has 9 nitrogen and oxygen atoms in total. The highest BCUT2D eigenvalue weighted by Crippen LogP contribution is 2.29. The Morgan fingerprint density at radius 2 is 1.92 bits per heavy atom. The molecule has 0 bridgehead atoms. The van der Waals surface area contributed by atoms with Crippen molar-refractivity contribution in [3.63, 3.8) is 0 Å². The van der Waals surface area contributed by atoms with Crippen molar-refractivity contribution in [1.82, 2.24) is 9.97 Å². The van der Waals surface area contributed by atoms with Crippen LogP contribution in [0, 0.1) is 6.92 Å². The van der Waals surface area contributed by atoms with Gasteiger partial charge in [-0.05, 0) is 42.8 Å². The Balaban J connectivity index is 1.52. The topological polar surface area (TPSA) is 123 Å². The maximum absolute atomic E-state index is 13.0. The molecule has 37 heavy (non-hydrogen) atoms. The van der Waals surface area contributed by atoms with Crippen molar-refractivity contribution in [2.45, 2.75) is 13.1 Å². The van der Waals surface area contributed by atoms with Crippen molar-refractivity contribution in [2.24, 2.45) is 11.6 Å². The molecule has 12 heteroatoms. The Hall–Kier alpha value is -4.16. The summed E-state index contributed by atoms with van der Waals surface area (Å²) in [6, 6.07) is 8.34. The number of ether oxygens (including phenoxy) is 1. The zero-order valence-corrected chi connectivity index (χ0v) is 20.0. The molecule has 1 fully saturated rings. The number of carbonyl (C=O) groups excluding carboxylic acids is 1. The van der Waals surface area contributed by atoms with E-state index in [2.05, 4.69) is 20.2 Å². The SMILES string of the molecule is Cc1ccc(NC(=O)c2cc(C(F)(F)F)ccn2)cc1N(N)/C=C(\N)c1cncc(N2CCOCC2)c1. The number of carbonyl (C=O) groups is 1. The monoisotopic (exact) mass is 513 g/mol. The number of nitrogens with two attached hydrogens (primary N) is 2. The van der Waals surface area contributed by atoms with Crippen LogP contribution < -0.4 is 26.8 Å². The smallest absolute Gasteiger partial charge is 0.397 e. The van der Waals surface area contributed by atoms with Gasteiger partial charge in [0.05, 0.1) is 42.0 Å². The fraction of sp³-hybridized carbons (Fsp3) is 0.240. The second-order valence-corrected chi connectivity index (χ2v) is 8.41. The Morgan fingerprint density at radius 3 is 2.65 bits per heavy atom. The number of benzene rings is 1. The minimum absolute atomic E-state index is 0.322. The van der Waals surface area contributed by atoms with Gasteiger partial charge in [-0.2, -0.15) is 13.2 Å². The molecule has 0 atom stereocenters. The number of anilines is 3. The van der Waals surface area contributed by atoms with E-state index in [1.807, 2.05) is 13.0 Å². The first-order valence-electron chi connectivity index (χ1n) is 11.4. The van der Waals surface area contributed by atoms with E-state index in [0.717, 1.165) is 36.6 Å². The second-order valence-electron chi connectivity index (χ2n) is 8.41. The molecule has 5 N–H and O–H groups in total. The minimum atomic E-state index is -4.58. The van der Waals surface area contributed by atoms with Crippen LogP contribution in [0.15, 0.2) is 61.2 Å². The highest BCUT2D eigenvalue weighted by Gasteiger charge is 2.31. The molecule has 1 aliphatic rings. The van der Waals surface area contributed by atoms with Crippen LogP contribution in [0.1, 0.15) is 27.2 Å². The summed E-state index contributed by atoms with van der Waals surface area (Å²) in [7, 11) is 0. The lowest BCUT2D eigenvalue weighted by Crippen LogP contribution is -2.36. The standard InChI is InChI=1S/C25H26F3N7O2/c1-16-2-3-19(33-24(36)22-11-18(4-5-32-22)25(26,27)28)12-23(16)35(30)15-21(29)17-10-20(14-31-13-17)34-6-8-37-9-7-34/h2-5,10-15H,6-9,29-30H2,1H3,(H,33,36)/b21-15-. The van der Waals surface area contributed by atoms with E-state index in [1.165, 1.54) is 11.2 Å². The molecule has 1 amide bonds. The first-order chi connectivity index (χ1) is 17.6. The maximum Gasteiger partial charge on any atom is 0.416 e. The molecular formula is C25H26F3N7O2. The van der Waals surface area contributed by atoms with Gasteiger partial charge in [-0.15, -0.1) is 0 Å². The molecule has 3 aromatic rings. The molecule has 0 aliphatic carbocycles. The molecule has 3 heterocycles. The lowest BCUT2D eigenvalue weighted by atomic mass is 10.1. The fourth-order valence-electron chi connectivity index (χ4n) is 3.77. The van der Waals surface area contributed by atoms with Crippen molar-refractivity contribution < 1.29 is 22.7 Å². The van der Waals surface area contributed by atoms with Gasteiger partial charge in [-0.3, -0.25) is 19.8 Å². The van der Waals surface area contributed by atoms with E-state index in [1.54, 1.807) is 30.6 Å². The van der Waals surface area contributed by atoms with Crippen LogP contribution in [-0.2, 0) is 10.9 Å². The molecule has 0 radical (unpaired) electrons. The Bertz CT molecular complexity index is 1310. The van der Waals surface area contributed by atoms with Gasteiger partial charge in [0.25, 0.3) is 5.91 Å². The van der Waals surface area contributed by atoms with Gasteiger partial charge in [0, 0.05) is 42.9 Å². The normalized spacial score (nSPS) is 14.4. The van der Waals surface area contributed by atoms with Gasteiger partial charge in [0.15, 0.2) is 0 Å².